The number of hydrogen-bond donors (Lipinski definition) is 0. The molecule has 100 valence electrons. The van der Waals surface area contributed by atoms with Crippen LogP contribution >= 0.6 is 27.5 Å². The van der Waals surface area contributed by atoms with E-state index in [2.05, 4.69) is 33.9 Å². The maximum absolute atomic E-state index is 6.24. The van der Waals surface area contributed by atoms with E-state index in [1.807, 2.05) is 12.1 Å². The summed E-state index contributed by atoms with van der Waals surface area (Å²) in [6.45, 7) is 2.88. The van der Waals surface area contributed by atoms with Gasteiger partial charge < -0.3 is 9.64 Å². The van der Waals surface area contributed by atoms with E-state index in [9.17, 15) is 0 Å². The molecule has 1 saturated heterocycles. The summed E-state index contributed by atoms with van der Waals surface area (Å²) >= 11 is 9.76. The van der Waals surface area contributed by atoms with Crippen LogP contribution in [0.3, 0.4) is 0 Å². The summed E-state index contributed by atoms with van der Waals surface area (Å²) in [6, 6.07) is 6.11. The molecule has 0 saturated carbocycles. The van der Waals surface area contributed by atoms with Crippen LogP contribution in [0.4, 0.5) is 5.69 Å². The summed E-state index contributed by atoms with van der Waals surface area (Å²) in [6.07, 6.45) is 2.32. The highest BCUT2D eigenvalue weighted by molar-refractivity contribution is 9.08. The normalized spacial score (nSPS) is 16.8. The molecule has 18 heavy (non-hydrogen) atoms. The first-order valence-corrected chi connectivity index (χ1v) is 7.84. The zero-order valence-corrected chi connectivity index (χ0v) is 13.0. The van der Waals surface area contributed by atoms with Gasteiger partial charge in [0.25, 0.3) is 0 Å². The smallest absolute Gasteiger partial charge is 0.0469 e. The second-order valence-electron chi connectivity index (χ2n) is 4.81. The van der Waals surface area contributed by atoms with Gasteiger partial charge in [-0.25, -0.2) is 0 Å². The minimum atomic E-state index is 0.728. The van der Waals surface area contributed by atoms with Crippen LogP contribution in [0.5, 0.6) is 0 Å². The molecule has 0 spiro atoms. The molecule has 0 amide bonds. The van der Waals surface area contributed by atoms with Gasteiger partial charge in [-0.15, -0.1) is 0 Å². The van der Waals surface area contributed by atoms with Crippen molar-refractivity contribution in [3.63, 3.8) is 0 Å². The Bertz CT molecular complexity index is 393. The molecule has 0 aromatic heterocycles. The van der Waals surface area contributed by atoms with Crippen LogP contribution in [0.25, 0.3) is 0 Å². The van der Waals surface area contributed by atoms with E-state index >= 15 is 0 Å². The van der Waals surface area contributed by atoms with Gasteiger partial charge in [0, 0.05) is 48.4 Å². The molecule has 0 radical (unpaired) electrons. The van der Waals surface area contributed by atoms with Crippen molar-refractivity contribution >= 4 is 33.2 Å². The zero-order chi connectivity index (χ0) is 13.0. The van der Waals surface area contributed by atoms with Crippen molar-refractivity contribution in [2.24, 2.45) is 5.92 Å². The first-order valence-electron chi connectivity index (χ1n) is 6.34. The van der Waals surface area contributed by atoms with Gasteiger partial charge in [-0.2, -0.15) is 0 Å². The van der Waals surface area contributed by atoms with Crippen molar-refractivity contribution in [3.05, 3.63) is 28.8 Å². The number of anilines is 1. The lowest BCUT2D eigenvalue weighted by Crippen LogP contribution is -2.30. The fourth-order valence-electron chi connectivity index (χ4n) is 2.45. The van der Waals surface area contributed by atoms with Crippen LogP contribution in [-0.2, 0) is 10.1 Å². The minimum absolute atomic E-state index is 0.728. The van der Waals surface area contributed by atoms with E-state index in [0.717, 1.165) is 48.9 Å². The molecule has 2 nitrogen and oxygen atoms in total. The summed E-state index contributed by atoms with van der Waals surface area (Å²) < 4.78 is 5.40. The molecule has 1 aromatic carbocycles. The second kappa shape index (κ2) is 6.78. The third-order valence-electron chi connectivity index (χ3n) is 3.51. The Balaban J connectivity index is 2.07. The maximum Gasteiger partial charge on any atom is 0.0469 e. The molecule has 0 aliphatic carbocycles. The fourth-order valence-corrected chi connectivity index (χ4v) is 3.44. The van der Waals surface area contributed by atoms with Gasteiger partial charge in [0.15, 0.2) is 0 Å². The third kappa shape index (κ3) is 3.40. The van der Waals surface area contributed by atoms with Crippen molar-refractivity contribution in [1.82, 2.24) is 0 Å². The molecule has 1 fully saturated rings. The summed E-state index contributed by atoms with van der Waals surface area (Å²) in [4.78, 5) is 2.32. The van der Waals surface area contributed by atoms with Gasteiger partial charge in [0.1, 0.15) is 0 Å². The highest BCUT2D eigenvalue weighted by atomic mass is 79.9. The first kappa shape index (κ1) is 14.2. The van der Waals surface area contributed by atoms with Crippen molar-refractivity contribution < 1.29 is 4.74 Å². The van der Waals surface area contributed by atoms with E-state index < -0.39 is 0 Å². The Labute approximate surface area is 122 Å². The molecule has 4 heteroatoms. The van der Waals surface area contributed by atoms with E-state index in [-0.39, 0.29) is 0 Å². The Kier molecular flexibility index (Phi) is 5.34. The van der Waals surface area contributed by atoms with E-state index in [1.54, 1.807) is 0 Å². The minimum Gasteiger partial charge on any atom is -0.381 e. The maximum atomic E-state index is 6.24. The van der Waals surface area contributed by atoms with Crippen molar-refractivity contribution in [2.45, 2.75) is 18.2 Å². The molecule has 1 heterocycles. The number of rotatable bonds is 4. The van der Waals surface area contributed by atoms with Crippen LogP contribution in [-0.4, -0.2) is 26.8 Å². The molecule has 1 aromatic rings. The average molecular weight is 333 g/mol. The summed E-state index contributed by atoms with van der Waals surface area (Å²) in [5.41, 5.74) is 2.40. The quantitative estimate of drug-likeness (QED) is 0.770. The fraction of sp³-hybridized carbons (Fsp3) is 0.571. The predicted molar refractivity (Wildman–Crippen MR) is 80.9 cm³/mol. The molecular formula is C14H19BrClNO. The van der Waals surface area contributed by atoms with Crippen LogP contribution in [0.1, 0.15) is 18.4 Å². The highest BCUT2D eigenvalue weighted by Gasteiger charge is 2.17. The molecule has 2 rings (SSSR count). The summed E-state index contributed by atoms with van der Waals surface area (Å²) in [7, 11) is 2.15. The molecule has 0 bridgehead atoms. The Morgan fingerprint density at radius 2 is 2.11 bits per heavy atom. The van der Waals surface area contributed by atoms with Gasteiger partial charge in [-0.1, -0.05) is 33.6 Å². The van der Waals surface area contributed by atoms with Gasteiger partial charge in [0.05, 0.1) is 0 Å². The Hall–Kier alpha value is -0.250. The third-order valence-corrected chi connectivity index (χ3v) is 4.43. The van der Waals surface area contributed by atoms with Crippen LogP contribution < -0.4 is 4.90 Å². The Morgan fingerprint density at radius 1 is 1.39 bits per heavy atom. The number of nitrogens with zero attached hydrogens (tertiary/aromatic N) is 1. The Morgan fingerprint density at radius 3 is 2.78 bits per heavy atom. The molecule has 0 unspecified atom stereocenters. The molecule has 1 aliphatic rings. The number of benzene rings is 1. The average Bonchev–Trinajstić information content (AvgIpc) is 2.39. The largest absolute Gasteiger partial charge is 0.381 e. The lowest BCUT2D eigenvalue weighted by Gasteiger charge is -2.29. The van der Waals surface area contributed by atoms with Gasteiger partial charge in [-0.05, 0) is 30.9 Å². The van der Waals surface area contributed by atoms with Crippen LogP contribution in [0.15, 0.2) is 18.2 Å². The lowest BCUT2D eigenvalue weighted by atomic mass is 9.99. The van der Waals surface area contributed by atoms with E-state index in [4.69, 9.17) is 16.3 Å². The van der Waals surface area contributed by atoms with Gasteiger partial charge >= 0.3 is 0 Å². The van der Waals surface area contributed by atoms with Crippen molar-refractivity contribution in [2.75, 3.05) is 31.7 Å². The van der Waals surface area contributed by atoms with Crippen molar-refractivity contribution in [3.8, 4) is 0 Å². The first-order chi connectivity index (χ1) is 8.72. The predicted octanol–water partition coefficient (Wildman–Crippen LogP) is 4.10. The number of halogens is 2. The van der Waals surface area contributed by atoms with Crippen LogP contribution in [0.2, 0.25) is 5.02 Å². The summed E-state index contributed by atoms with van der Waals surface area (Å²) in [5.74, 6) is 0.728. The van der Waals surface area contributed by atoms with Crippen LogP contribution in [0, 0.1) is 5.92 Å². The standard InChI is InChI=1S/C14H19BrClNO/c1-17(10-11-5-7-18-8-6-11)14-4-2-3-13(16)12(14)9-15/h2-4,11H,5-10H2,1H3. The zero-order valence-electron chi connectivity index (χ0n) is 10.7. The second-order valence-corrected chi connectivity index (χ2v) is 5.78. The molecule has 0 atom stereocenters. The number of ether oxygens (including phenoxy) is 1. The molecular weight excluding hydrogens is 314 g/mol. The summed E-state index contributed by atoms with van der Waals surface area (Å²) in [5, 5.41) is 1.63. The lowest BCUT2D eigenvalue weighted by molar-refractivity contribution is 0.0685. The molecule has 0 N–H and O–H groups in total. The number of alkyl halides is 1. The number of hydrogen-bond acceptors (Lipinski definition) is 2. The van der Waals surface area contributed by atoms with Gasteiger partial charge in [-0.3, -0.25) is 0 Å². The highest BCUT2D eigenvalue weighted by Crippen LogP contribution is 2.30. The van der Waals surface area contributed by atoms with E-state index in [1.165, 1.54) is 11.3 Å². The SMILES string of the molecule is CN(CC1CCOCC1)c1cccc(Cl)c1CBr. The van der Waals surface area contributed by atoms with Crippen molar-refractivity contribution in [1.29, 1.82) is 0 Å². The monoisotopic (exact) mass is 331 g/mol. The van der Waals surface area contributed by atoms with Gasteiger partial charge in [0.2, 0.25) is 0 Å². The van der Waals surface area contributed by atoms with E-state index in [0.29, 0.717) is 0 Å². The molecule has 1 aliphatic heterocycles. The topological polar surface area (TPSA) is 12.5 Å².